The van der Waals surface area contributed by atoms with Crippen molar-refractivity contribution in [1.29, 1.82) is 0 Å². The quantitative estimate of drug-likeness (QED) is 0.221. The van der Waals surface area contributed by atoms with Gasteiger partial charge in [0.25, 0.3) is 0 Å². The van der Waals surface area contributed by atoms with Crippen LogP contribution in [0.3, 0.4) is 0 Å². The zero-order chi connectivity index (χ0) is 33.5. The number of carbonyl (C=O) groups excluding carboxylic acids is 5. The van der Waals surface area contributed by atoms with Crippen LogP contribution in [0.2, 0.25) is 0 Å². The molecule has 0 unspecified atom stereocenters. The highest BCUT2D eigenvalue weighted by Gasteiger charge is 2.36. The zero-order valence-corrected chi connectivity index (χ0v) is 26.1. The SMILES string of the molecule is CC(C)C[C@H](NC(=O)C1CCN(C(=O)C2CCCC2)CC1)C(=O)N[C@@H](C[C@@H]1CCNC1=O)C(=O)COc1c(F)c(F)cc(F)c1F. The Morgan fingerprint density at radius 2 is 1.54 bits per heavy atom. The van der Waals surface area contributed by atoms with E-state index in [2.05, 4.69) is 16.0 Å². The van der Waals surface area contributed by atoms with Crippen molar-refractivity contribution >= 4 is 29.4 Å². The topological polar surface area (TPSA) is 134 Å². The van der Waals surface area contributed by atoms with Crippen molar-refractivity contribution in [2.75, 3.05) is 26.2 Å². The average molecular weight is 655 g/mol. The lowest BCUT2D eigenvalue weighted by Gasteiger charge is -2.34. The normalized spacial score (nSPS) is 20.4. The van der Waals surface area contributed by atoms with E-state index >= 15 is 0 Å². The number of likely N-dealkylation sites (tertiary alicyclic amines) is 1. The molecule has 46 heavy (non-hydrogen) atoms. The van der Waals surface area contributed by atoms with Crippen LogP contribution >= 0.6 is 0 Å². The number of carbonyl (C=O) groups is 5. The fraction of sp³-hybridized carbons (Fsp3) is 0.656. The molecule has 0 radical (unpaired) electrons. The molecule has 2 aliphatic heterocycles. The van der Waals surface area contributed by atoms with E-state index in [1.165, 1.54) is 0 Å². The molecule has 4 amide bonds. The maximum absolute atomic E-state index is 14.1. The Kier molecular flexibility index (Phi) is 12.0. The summed E-state index contributed by atoms with van der Waals surface area (Å²) >= 11 is 0. The number of amides is 4. The Morgan fingerprint density at radius 1 is 0.913 bits per heavy atom. The molecule has 1 aromatic carbocycles. The number of hydrogen-bond acceptors (Lipinski definition) is 6. The summed E-state index contributed by atoms with van der Waals surface area (Å²) in [5.41, 5.74) is 0. The van der Waals surface area contributed by atoms with Gasteiger partial charge in [0.15, 0.2) is 23.2 Å². The first-order valence-corrected chi connectivity index (χ1v) is 16.0. The molecule has 2 saturated heterocycles. The van der Waals surface area contributed by atoms with Gasteiger partial charge >= 0.3 is 0 Å². The fourth-order valence-corrected chi connectivity index (χ4v) is 6.40. The molecular weight excluding hydrogens is 612 g/mol. The van der Waals surface area contributed by atoms with E-state index < -0.39 is 71.2 Å². The summed E-state index contributed by atoms with van der Waals surface area (Å²) in [6, 6.07) is -2.42. The molecule has 3 N–H and O–H groups in total. The van der Waals surface area contributed by atoms with Crippen LogP contribution < -0.4 is 20.7 Å². The molecule has 3 atom stereocenters. The van der Waals surface area contributed by atoms with Crippen LogP contribution in [0.4, 0.5) is 17.6 Å². The second-order valence-corrected chi connectivity index (χ2v) is 12.9. The third kappa shape index (κ3) is 8.75. The maximum Gasteiger partial charge on any atom is 0.243 e. The number of ether oxygens (including phenoxy) is 1. The predicted octanol–water partition coefficient (Wildman–Crippen LogP) is 3.16. The van der Waals surface area contributed by atoms with Crippen LogP contribution in [-0.2, 0) is 24.0 Å². The Balaban J connectivity index is 1.41. The van der Waals surface area contributed by atoms with E-state index in [1.807, 2.05) is 18.7 Å². The van der Waals surface area contributed by atoms with Gasteiger partial charge in [-0.3, -0.25) is 24.0 Å². The van der Waals surface area contributed by atoms with Crippen molar-refractivity contribution in [2.45, 2.75) is 83.7 Å². The van der Waals surface area contributed by atoms with Crippen molar-refractivity contribution in [3.63, 3.8) is 0 Å². The van der Waals surface area contributed by atoms with Gasteiger partial charge in [-0.05, 0) is 50.9 Å². The summed E-state index contributed by atoms with van der Waals surface area (Å²) in [7, 11) is 0. The van der Waals surface area contributed by atoms with Crippen LogP contribution in [0, 0.1) is 46.9 Å². The van der Waals surface area contributed by atoms with Crippen molar-refractivity contribution in [1.82, 2.24) is 20.9 Å². The van der Waals surface area contributed by atoms with Crippen molar-refractivity contribution in [3.05, 3.63) is 29.3 Å². The zero-order valence-electron chi connectivity index (χ0n) is 26.1. The number of nitrogens with zero attached hydrogens (tertiary/aromatic N) is 1. The minimum absolute atomic E-state index is 0.00353. The Bertz CT molecular complexity index is 1290. The molecule has 10 nitrogen and oxygen atoms in total. The summed E-state index contributed by atoms with van der Waals surface area (Å²) in [5, 5.41) is 7.99. The van der Waals surface area contributed by atoms with Gasteiger partial charge in [0.1, 0.15) is 12.6 Å². The number of halogens is 4. The van der Waals surface area contributed by atoms with E-state index in [9.17, 15) is 41.5 Å². The maximum atomic E-state index is 14.1. The van der Waals surface area contributed by atoms with Gasteiger partial charge in [-0.15, -0.1) is 0 Å². The first-order valence-electron chi connectivity index (χ1n) is 16.0. The first-order chi connectivity index (χ1) is 21.8. The molecule has 2 heterocycles. The van der Waals surface area contributed by atoms with Gasteiger partial charge in [0.2, 0.25) is 35.3 Å². The first kappa shape index (κ1) is 35.1. The van der Waals surface area contributed by atoms with Crippen LogP contribution in [0.25, 0.3) is 0 Å². The van der Waals surface area contributed by atoms with Gasteiger partial charge in [-0.2, -0.15) is 8.78 Å². The predicted molar refractivity (Wildman–Crippen MR) is 157 cm³/mol. The molecule has 3 aliphatic rings. The molecule has 0 bridgehead atoms. The summed E-state index contributed by atoms with van der Waals surface area (Å²) in [6.07, 6.45) is 5.19. The molecule has 3 fully saturated rings. The Morgan fingerprint density at radius 3 is 2.11 bits per heavy atom. The van der Waals surface area contributed by atoms with Crippen LogP contribution in [0.15, 0.2) is 6.07 Å². The van der Waals surface area contributed by atoms with E-state index in [0.29, 0.717) is 38.9 Å². The van der Waals surface area contributed by atoms with Gasteiger partial charge in [-0.1, -0.05) is 26.7 Å². The van der Waals surface area contributed by atoms with Crippen molar-refractivity contribution in [2.24, 2.45) is 23.7 Å². The molecule has 1 aromatic rings. The molecule has 254 valence electrons. The van der Waals surface area contributed by atoms with Crippen LogP contribution in [-0.4, -0.2) is 72.6 Å². The summed E-state index contributed by atoms with van der Waals surface area (Å²) in [4.78, 5) is 66.9. The molecule has 0 spiro atoms. The number of ketones is 1. The summed E-state index contributed by atoms with van der Waals surface area (Å²) in [5.74, 6) is -11.7. The standard InChI is InChI=1S/C32H42F4N4O6/c1-17(2)13-24(39-30(43)18-8-11-40(12-9-18)32(45)19-5-3-4-6-19)31(44)38-23(14-20-7-10-37-29(20)42)25(41)16-46-28-26(35)21(33)15-22(34)27(28)36/h15,17-20,23-24H,3-14,16H2,1-2H3,(H,37,42)(H,38,44)(H,39,43)/t20-,23-,24-/m0/s1. The molecule has 0 aromatic heterocycles. The third-order valence-electron chi connectivity index (χ3n) is 9.04. The van der Waals surface area contributed by atoms with Crippen LogP contribution in [0.1, 0.15) is 71.6 Å². The van der Waals surface area contributed by atoms with Gasteiger partial charge in [0.05, 0.1) is 6.04 Å². The minimum atomic E-state index is -1.82. The van der Waals surface area contributed by atoms with Crippen molar-refractivity contribution in [3.8, 4) is 5.75 Å². The van der Waals surface area contributed by atoms with Gasteiger partial charge < -0.3 is 25.6 Å². The largest absolute Gasteiger partial charge is 0.479 e. The van der Waals surface area contributed by atoms with E-state index in [0.717, 1.165) is 25.7 Å². The number of rotatable bonds is 13. The Hall–Kier alpha value is -3.71. The average Bonchev–Trinajstić information content (AvgIpc) is 3.71. The van der Waals surface area contributed by atoms with Crippen molar-refractivity contribution < 1.29 is 46.3 Å². The molecule has 14 heteroatoms. The Labute approximate surface area is 265 Å². The highest BCUT2D eigenvalue weighted by atomic mass is 19.2. The monoisotopic (exact) mass is 654 g/mol. The lowest BCUT2D eigenvalue weighted by molar-refractivity contribution is -0.139. The smallest absolute Gasteiger partial charge is 0.243 e. The summed E-state index contributed by atoms with van der Waals surface area (Å²) in [6.45, 7) is 3.89. The lowest BCUT2D eigenvalue weighted by atomic mass is 9.93. The molecule has 4 rings (SSSR count). The van der Waals surface area contributed by atoms with Gasteiger partial charge in [-0.25, -0.2) is 8.78 Å². The van der Waals surface area contributed by atoms with Gasteiger partial charge in [0, 0.05) is 43.5 Å². The number of benzene rings is 1. The summed E-state index contributed by atoms with van der Waals surface area (Å²) < 4.78 is 60.4. The van der Waals surface area contributed by atoms with E-state index in [1.54, 1.807) is 0 Å². The van der Waals surface area contributed by atoms with Crippen LogP contribution in [0.5, 0.6) is 5.75 Å². The molecule has 1 saturated carbocycles. The lowest BCUT2D eigenvalue weighted by Crippen LogP contribution is -2.54. The molecule has 1 aliphatic carbocycles. The van der Waals surface area contributed by atoms with E-state index in [-0.39, 0.29) is 48.5 Å². The number of nitrogens with one attached hydrogen (secondary N) is 3. The number of Topliss-reactive ketones (excluding diaryl/α,β-unsaturated/α-hetero) is 1. The minimum Gasteiger partial charge on any atom is -0.479 e. The highest BCUT2D eigenvalue weighted by molar-refractivity contribution is 5.94. The number of hydrogen-bond donors (Lipinski definition) is 3. The second-order valence-electron chi connectivity index (χ2n) is 12.9. The second kappa shape index (κ2) is 15.7. The fourth-order valence-electron chi connectivity index (χ4n) is 6.40. The molecular formula is C32H42F4N4O6. The van der Waals surface area contributed by atoms with E-state index in [4.69, 9.17) is 4.74 Å². The third-order valence-corrected chi connectivity index (χ3v) is 9.04. The number of piperidine rings is 1. The highest BCUT2D eigenvalue weighted by Crippen LogP contribution is 2.29.